The molecule has 1 rings (SSSR count). The summed E-state index contributed by atoms with van der Waals surface area (Å²) in [6.07, 6.45) is 0.905. The first-order valence-corrected chi connectivity index (χ1v) is 3.52. The van der Waals surface area contributed by atoms with Gasteiger partial charge in [0.25, 0.3) is 0 Å². The van der Waals surface area contributed by atoms with E-state index in [1.165, 1.54) is 6.07 Å². The van der Waals surface area contributed by atoms with Crippen LogP contribution < -0.4 is 16.6 Å². The Morgan fingerprint density at radius 2 is 2.33 bits per heavy atom. The number of hydrogen-bond donors (Lipinski definition) is 3. The highest BCUT2D eigenvalue weighted by atomic mass is 19.1. The van der Waals surface area contributed by atoms with Crippen LogP contribution in [0.5, 0.6) is 0 Å². The van der Waals surface area contributed by atoms with E-state index in [0.29, 0.717) is 5.69 Å². The van der Waals surface area contributed by atoms with Gasteiger partial charge in [0, 0.05) is 0 Å². The van der Waals surface area contributed by atoms with E-state index in [2.05, 4.69) is 15.7 Å². The van der Waals surface area contributed by atoms with E-state index in [4.69, 9.17) is 5.84 Å². The molecule has 0 fully saturated rings. The quantitative estimate of drug-likeness (QED) is 0.337. The van der Waals surface area contributed by atoms with E-state index in [0.717, 1.165) is 6.20 Å². The van der Waals surface area contributed by atoms with Crippen molar-refractivity contribution in [3.8, 4) is 0 Å². The molecule has 1 atom stereocenters. The maximum atomic E-state index is 12.4. The van der Waals surface area contributed by atoms with Crippen molar-refractivity contribution in [3.63, 3.8) is 0 Å². The first-order chi connectivity index (χ1) is 5.77. The molecule has 1 aromatic rings. The molecule has 0 radical (unpaired) electrons. The molecule has 0 amide bonds. The average molecular weight is 170 g/mol. The molecular weight excluding hydrogens is 159 g/mol. The number of hydrogen-bond acceptors (Lipinski definition) is 4. The zero-order valence-corrected chi connectivity index (χ0v) is 6.71. The largest absolute Gasteiger partial charge is 0.299 e. The van der Waals surface area contributed by atoms with E-state index >= 15 is 0 Å². The number of rotatable bonds is 3. The average Bonchev–Trinajstić information content (AvgIpc) is 2.10. The van der Waals surface area contributed by atoms with E-state index < -0.39 is 0 Å². The third-order valence-corrected chi connectivity index (χ3v) is 1.50. The summed E-state index contributed by atoms with van der Waals surface area (Å²) in [6.45, 7) is 0. The smallest absolute Gasteiger partial charge is 0.141 e. The minimum atomic E-state index is -0.356. The first-order valence-electron chi connectivity index (χ1n) is 3.52. The van der Waals surface area contributed by atoms with Crippen LogP contribution in [0.4, 0.5) is 4.39 Å². The molecule has 1 unspecified atom stereocenters. The van der Waals surface area contributed by atoms with Crippen LogP contribution in [0.1, 0.15) is 11.9 Å². The third-order valence-electron chi connectivity index (χ3n) is 1.50. The summed E-state index contributed by atoms with van der Waals surface area (Å²) in [5.74, 6) is 4.85. The van der Waals surface area contributed by atoms with Crippen LogP contribution >= 0.6 is 0 Å². The molecular formula is C7H11FN4. The highest BCUT2D eigenvalue weighted by molar-refractivity contribution is 5.08. The fraction of sp³-hybridized carbons (Fsp3) is 0.286. The fourth-order valence-corrected chi connectivity index (χ4v) is 0.875. The summed E-state index contributed by atoms with van der Waals surface area (Å²) in [5, 5.41) is 2.87. The molecule has 66 valence electrons. The van der Waals surface area contributed by atoms with Gasteiger partial charge < -0.3 is 0 Å². The predicted octanol–water partition coefficient (Wildman–Crippen LogP) is -0.0980. The SMILES string of the molecule is CNC(NN)c1ccc(F)cn1. The Morgan fingerprint density at radius 1 is 1.58 bits per heavy atom. The summed E-state index contributed by atoms with van der Waals surface area (Å²) < 4.78 is 12.4. The Hall–Kier alpha value is -1.04. The van der Waals surface area contributed by atoms with Gasteiger partial charge in [0.05, 0.1) is 11.9 Å². The number of pyridine rings is 1. The van der Waals surface area contributed by atoms with Gasteiger partial charge in [-0.3, -0.25) is 16.1 Å². The van der Waals surface area contributed by atoms with Crippen molar-refractivity contribution in [2.75, 3.05) is 7.05 Å². The van der Waals surface area contributed by atoms with Gasteiger partial charge in [0.2, 0.25) is 0 Å². The lowest BCUT2D eigenvalue weighted by Gasteiger charge is -2.13. The Kier molecular flexibility index (Phi) is 3.09. The molecule has 0 spiro atoms. The fourth-order valence-electron chi connectivity index (χ4n) is 0.875. The van der Waals surface area contributed by atoms with Crippen molar-refractivity contribution in [1.29, 1.82) is 0 Å². The molecule has 0 saturated carbocycles. The number of halogens is 1. The van der Waals surface area contributed by atoms with Crippen molar-refractivity contribution in [1.82, 2.24) is 15.7 Å². The van der Waals surface area contributed by atoms with Gasteiger partial charge in [-0.1, -0.05) is 0 Å². The van der Waals surface area contributed by atoms with Crippen molar-refractivity contribution in [2.45, 2.75) is 6.17 Å². The van der Waals surface area contributed by atoms with Gasteiger partial charge in [-0.05, 0) is 19.2 Å². The minimum absolute atomic E-state index is 0.245. The monoisotopic (exact) mass is 170 g/mol. The number of nitrogens with zero attached hydrogens (tertiary/aromatic N) is 1. The molecule has 0 aliphatic carbocycles. The summed E-state index contributed by atoms with van der Waals surface area (Å²) in [4.78, 5) is 3.84. The topological polar surface area (TPSA) is 63.0 Å². The molecule has 0 aromatic carbocycles. The van der Waals surface area contributed by atoms with Gasteiger partial charge in [0.15, 0.2) is 0 Å². The van der Waals surface area contributed by atoms with Crippen LogP contribution in [0.25, 0.3) is 0 Å². The highest BCUT2D eigenvalue weighted by Crippen LogP contribution is 2.04. The molecule has 0 saturated heterocycles. The van der Waals surface area contributed by atoms with Crippen molar-refractivity contribution in [3.05, 3.63) is 29.8 Å². The molecule has 0 aliphatic rings. The lowest BCUT2D eigenvalue weighted by molar-refractivity contribution is 0.474. The zero-order chi connectivity index (χ0) is 8.97. The molecule has 1 heterocycles. The zero-order valence-electron chi connectivity index (χ0n) is 6.71. The van der Waals surface area contributed by atoms with E-state index in [1.807, 2.05) is 0 Å². The van der Waals surface area contributed by atoms with Gasteiger partial charge >= 0.3 is 0 Å². The molecule has 0 aliphatic heterocycles. The van der Waals surface area contributed by atoms with Gasteiger partial charge in [-0.25, -0.2) is 9.82 Å². The molecule has 5 heteroatoms. The van der Waals surface area contributed by atoms with Crippen molar-refractivity contribution < 1.29 is 4.39 Å². The Morgan fingerprint density at radius 3 is 2.75 bits per heavy atom. The number of nitrogens with two attached hydrogens (primary N) is 1. The molecule has 12 heavy (non-hydrogen) atoms. The molecule has 4 N–H and O–H groups in total. The summed E-state index contributed by atoms with van der Waals surface area (Å²) in [6, 6.07) is 2.90. The van der Waals surface area contributed by atoms with Crippen LogP contribution in [-0.2, 0) is 0 Å². The summed E-state index contributed by atoms with van der Waals surface area (Å²) >= 11 is 0. The van der Waals surface area contributed by atoms with Crippen LogP contribution in [0.15, 0.2) is 18.3 Å². The summed E-state index contributed by atoms with van der Waals surface area (Å²) in [5.41, 5.74) is 3.15. The van der Waals surface area contributed by atoms with Crippen LogP contribution in [0, 0.1) is 5.82 Å². The van der Waals surface area contributed by atoms with E-state index in [9.17, 15) is 4.39 Å². The van der Waals surface area contributed by atoms with Gasteiger partial charge in [-0.2, -0.15) is 0 Å². The minimum Gasteiger partial charge on any atom is -0.299 e. The van der Waals surface area contributed by atoms with Crippen LogP contribution in [-0.4, -0.2) is 12.0 Å². The maximum absolute atomic E-state index is 12.4. The number of nitrogens with one attached hydrogen (secondary N) is 2. The lowest BCUT2D eigenvalue weighted by Crippen LogP contribution is -2.37. The van der Waals surface area contributed by atoms with Crippen LogP contribution in [0.3, 0.4) is 0 Å². The number of hydrazine groups is 1. The Bertz CT molecular complexity index is 232. The van der Waals surface area contributed by atoms with Gasteiger partial charge in [-0.15, -0.1) is 0 Å². The maximum Gasteiger partial charge on any atom is 0.141 e. The second-order valence-electron chi connectivity index (χ2n) is 2.29. The molecule has 1 aromatic heterocycles. The molecule has 0 bridgehead atoms. The number of aromatic nitrogens is 1. The lowest BCUT2D eigenvalue weighted by atomic mass is 10.3. The highest BCUT2D eigenvalue weighted by Gasteiger charge is 2.06. The second-order valence-corrected chi connectivity index (χ2v) is 2.29. The summed E-state index contributed by atoms with van der Waals surface area (Å²) in [7, 11) is 1.73. The van der Waals surface area contributed by atoms with Gasteiger partial charge in [0.1, 0.15) is 12.0 Å². The second kappa shape index (κ2) is 4.10. The molecule has 4 nitrogen and oxygen atoms in total. The third kappa shape index (κ3) is 1.97. The first kappa shape index (κ1) is 9.05. The van der Waals surface area contributed by atoms with E-state index in [1.54, 1.807) is 13.1 Å². The van der Waals surface area contributed by atoms with Crippen molar-refractivity contribution in [2.24, 2.45) is 5.84 Å². The van der Waals surface area contributed by atoms with Crippen LogP contribution in [0.2, 0.25) is 0 Å². The van der Waals surface area contributed by atoms with E-state index in [-0.39, 0.29) is 12.0 Å². The predicted molar refractivity (Wildman–Crippen MR) is 43.3 cm³/mol. The standard InChI is InChI=1S/C7H11FN4/c1-10-7(12-9)6-3-2-5(8)4-11-6/h2-4,7,10,12H,9H2,1H3. The normalized spacial score (nSPS) is 12.9. The Balaban J connectivity index is 2.80. The Labute approximate surface area is 70.0 Å². The van der Waals surface area contributed by atoms with Crippen molar-refractivity contribution >= 4 is 0 Å².